The summed E-state index contributed by atoms with van der Waals surface area (Å²) in [4.78, 5) is 26.1. The van der Waals surface area contributed by atoms with Crippen LogP contribution in [0.15, 0.2) is 66.7 Å². The number of Topliss-reactive ketones (excluding diaryl/α,β-unsaturated/α-hetero) is 2. The summed E-state index contributed by atoms with van der Waals surface area (Å²) in [6.45, 7) is 7.66. The molecule has 0 radical (unpaired) electrons. The molecule has 35 heavy (non-hydrogen) atoms. The average molecular weight is 471 g/mol. The Bertz CT molecular complexity index is 1370. The van der Waals surface area contributed by atoms with Crippen LogP contribution < -0.4 is 0 Å². The first kappa shape index (κ1) is 24.0. The van der Waals surface area contributed by atoms with Crippen LogP contribution in [0.2, 0.25) is 0 Å². The first-order valence-corrected chi connectivity index (χ1v) is 11.1. The third kappa shape index (κ3) is 4.76. The van der Waals surface area contributed by atoms with E-state index in [0.717, 1.165) is 40.5 Å². The highest BCUT2D eigenvalue weighted by molar-refractivity contribution is 6.49. The molecular weight excluding hydrogens is 446 g/mol. The Hall–Kier alpha value is -4.12. The Morgan fingerprint density at radius 3 is 1.43 bits per heavy atom. The molecule has 0 aliphatic rings. The van der Waals surface area contributed by atoms with E-state index in [1.165, 1.54) is 12.1 Å². The van der Waals surface area contributed by atoms with E-state index < -0.39 is 28.8 Å². The summed E-state index contributed by atoms with van der Waals surface area (Å²) >= 11 is 0. The number of carbonyl (C=O) groups is 2. The maximum Gasteiger partial charge on any atom is 0.239 e. The van der Waals surface area contributed by atoms with Crippen LogP contribution in [0.5, 0.6) is 5.75 Å². The quantitative estimate of drug-likeness (QED) is 0.246. The highest BCUT2D eigenvalue weighted by atomic mass is 19.1. The lowest BCUT2D eigenvalue weighted by atomic mass is 9.89. The zero-order valence-electron chi connectivity index (χ0n) is 19.9. The standard InChI is InChI=1S/C30H24F2O3/c1-16-8-17(2)11-20(10-16)23-14-22(28(33)30(35)27-25(31)6-5-7-26(27)32)15-24(29(23)34)21-12-18(3)9-19(4)13-21/h5-15,34H,1-4H3. The summed E-state index contributed by atoms with van der Waals surface area (Å²) in [6.07, 6.45) is 0. The second-order valence-electron chi connectivity index (χ2n) is 8.93. The van der Waals surface area contributed by atoms with E-state index in [1.807, 2.05) is 64.1 Å². The number of phenols is 1. The monoisotopic (exact) mass is 470 g/mol. The predicted octanol–water partition coefficient (Wildman–Crippen LogP) is 7.30. The van der Waals surface area contributed by atoms with E-state index in [2.05, 4.69) is 0 Å². The van der Waals surface area contributed by atoms with Gasteiger partial charge in [-0.3, -0.25) is 9.59 Å². The van der Waals surface area contributed by atoms with Gasteiger partial charge in [-0.1, -0.05) is 64.7 Å². The van der Waals surface area contributed by atoms with Crippen molar-refractivity contribution in [2.75, 3.05) is 0 Å². The number of benzene rings is 4. The third-order valence-corrected chi connectivity index (χ3v) is 5.83. The molecular formula is C30H24F2O3. The van der Waals surface area contributed by atoms with Gasteiger partial charge in [-0.15, -0.1) is 0 Å². The molecule has 5 heteroatoms. The number of phenolic OH excluding ortho intramolecular Hbond substituents is 1. The molecule has 1 N–H and O–H groups in total. The van der Waals surface area contributed by atoms with Crippen molar-refractivity contribution in [2.24, 2.45) is 0 Å². The number of carbonyl (C=O) groups excluding carboxylic acids is 2. The maximum atomic E-state index is 14.3. The van der Waals surface area contributed by atoms with E-state index in [0.29, 0.717) is 22.3 Å². The number of aromatic hydroxyl groups is 1. The number of ketones is 2. The van der Waals surface area contributed by atoms with E-state index in [9.17, 15) is 23.5 Å². The van der Waals surface area contributed by atoms with Crippen molar-refractivity contribution in [2.45, 2.75) is 27.7 Å². The molecule has 0 aliphatic carbocycles. The fourth-order valence-corrected chi connectivity index (χ4v) is 4.43. The normalized spacial score (nSPS) is 10.9. The number of rotatable bonds is 5. The molecule has 0 aromatic heterocycles. The zero-order valence-corrected chi connectivity index (χ0v) is 19.9. The summed E-state index contributed by atoms with van der Waals surface area (Å²) in [7, 11) is 0. The molecule has 0 bridgehead atoms. The second-order valence-corrected chi connectivity index (χ2v) is 8.93. The van der Waals surface area contributed by atoms with Crippen LogP contribution in [0, 0.1) is 39.3 Å². The second kappa shape index (κ2) is 9.26. The van der Waals surface area contributed by atoms with Crippen molar-refractivity contribution in [1.82, 2.24) is 0 Å². The van der Waals surface area contributed by atoms with Crippen LogP contribution in [-0.2, 0) is 0 Å². The van der Waals surface area contributed by atoms with Gasteiger partial charge in [0, 0.05) is 16.7 Å². The van der Waals surface area contributed by atoms with Crippen LogP contribution >= 0.6 is 0 Å². The van der Waals surface area contributed by atoms with Gasteiger partial charge in [-0.25, -0.2) is 8.78 Å². The minimum absolute atomic E-state index is 0.0546. The van der Waals surface area contributed by atoms with E-state index >= 15 is 0 Å². The van der Waals surface area contributed by atoms with Gasteiger partial charge in [0.05, 0.1) is 5.56 Å². The Morgan fingerprint density at radius 2 is 1.03 bits per heavy atom. The van der Waals surface area contributed by atoms with Gasteiger partial charge >= 0.3 is 0 Å². The maximum absolute atomic E-state index is 14.3. The van der Waals surface area contributed by atoms with E-state index in [4.69, 9.17) is 0 Å². The van der Waals surface area contributed by atoms with Crippen LogP contribution in [0.25, 0.3) is 22.3 Å². The van der Waals surface area contributed by atoms with Gasteiger partial charge in [0.15, 0.2) is 0 Å². The van der Waals surface area contributed by atoms with Crippen molar-refractivity contribution < 1.29 is 23.5 Å². The Labute approximate surface area is 202 Å². The molecule has 0 saturated heterocycles. The summed E-state index contributed by atoms with van der Waals surface area (Å²) in [5.41, 5.74) is 4.85. The fourth-order valence-electron chi connectivity index (χ4n) is 4.43. The van der Waals surface area contributed by atoms with Crippen molar-refractivity contribution in [1.29, 1.82) is 0 Å². The van der Waals surface area contributed by atoms with Gasteiger partial charge < -0.3 is 5.11 Å². The molecule has 4 rings (SSSR count). The molecule has 0 aliphatic heterocycles. The minimum atomic E-state index is -1.29. The van der Waals surface area contributed by atoms with Gasteiger partial charge in [0.2, 0.25) is 11.6 Å². The summed E-state index contributed by atoms with van der Waals surface area (Å²) < 4.78 is 28.5. The van der Waals surface area contributed by atoms with E-state index in [-0.39, 0.29) is 11.3 Å². The molecule has 0 heterocycles. The Balaban J connectivity index is 1.97. The number of aryl methyl sites for hydroxylation is 4. The van der Waals surface area contributed by atoms with Gasteiger partial charge in [-0.05, 0) is 63.1 Å². The number of hydrogen-bond acceptors (Lipinski definition) is 3. The predicted molar refractivity (Wildman–Crippen MR) is 133 cm³/mol. The molecule has 4 aromatic carbocycles. The smallest absolute Gasteiger partial charge is 0.239 e. The highest BCUT2D eigenvalue weighted by Gasteiger charge is 2.27. The molecule has 3 nitrogen and oxygen atoms in total. The Morgan fingerprint density at radius 1 is 0.629 bits per heavy atom. The topological polar surface area (TPSA) is 54.4 Å². The average Bonchev–Trinajstić information content (AvgIpc) is 2.77. The molecule has 0 saturated carbocycles. The SMILES string of the molecule is Cc1cc(C)cc(-c2cc(C(=O)C(=O)c3c(F)cccc3F)cc(-c3cc(C)cc(C)c3)c2O)c1. The largest absolute Gasteiger partial charge is 0.507 e. The van der Waals surface area contributed by atoms with E-state index in [1.54, 1.807) is 0 Å². The lowest BCUT2D eigenvalue weighted by Gasteiger charge is -2.15. The van der Waals surface area contributed by atoms with Crippen LogP contribution in [-0.4, -0.2) is 16.7 Å². The van der Waals surface area contributed by atoms with Crippen molar-refractivity contribution in [3.8, 4) is 28.0 Å². The first-order chi connectivity index (χ1) is 16.5. The Kier molecular flexibility index (Phi) is 6.35. The van der Waals surface area contributed by atoms with Gasteiger partial charge in [0.25, 0.3) is 0 Å². The molecule has 0 spiro atoms. The minimum Gasteiger partial charge on any atom is -0.507 e. The molecule has 176 valence electrons. The lowest BCUT2D eigenvalue weighted by Crippen LogP contribution is -2.18. The van der Waals surface area contributed by atoms with Crippen LogP contribution in [0.3, 0.4) is 0 Å². The van der Waals surface area contributed by atoms with Crippen molar-refractivity contribution in [3.05, 3.63) is 112 Å². The van der Waals surface area contributed by atoms with Gasteiger partial charge in [-0.2, -0.15) is 0 Å². The molecule has 4 aromatic rings. The number of hydrogen-bond donors (Lipinski definition) is 1. The van der Waals surface area contributed by atoms with Crippen LogP contribution in [0.1, 0.15) is 43.0 Å². The number of halogens is 2. The van der Waals surface area contributed by atoms with Crippen molar-refractivity contribution in [3.63, 3.8) is 0 Å². The molecule has 0 amide bonds. The fraction of sp³-hybridized carbons (Fsp3) is 0.133. The first-order valence-electron chi connectivity index (χ1n) is 11.1. The molecule has 0 atom stereocenters. The molecule has 0 unspecified atom stereocenters. The summed E-state index contributed by atoms with van der Waals surface area (Å²) in [5.74, 6) is -4.62. The highest BCUT2D eigenvalue weighted by Crippen LogP contribution is 2.40. The summed E-state index contributed by atoms with van der Waals surface area (Å²) in [5, 5.41) is 11.3. The van der Waals surface area contributed by atoms with Crippen LogP contribution in [0.4, 0.5) is 8.78 Å². The van der Waals surface area contributed by atoms with Gasteiger partial charge in [0.1, 0.15) is 17.4 Å². The summed E-state index contributed by atoms with van der Waals surface area (Å²) in [6, 6.07) is 17.2. The molecule has 0 fully saturated rings. The third-order valence-electron chi connectivity index (χ3n) is 5.83. The van der Waals surface area contributed by atoms with Crippen molar-refractivity contribution >= 4 is 11.6 Å². The lowest BCUT2D eigenvalue weighted by molar-refractivity contribution is 0.0811. The zero-order chi connectivity index (χ0) is 25.4.